The van der Waals surface area contributed by atoms with Gasteiger partial charge in [0.2, 0.25) is 0 Å². The number of halogens is 1. The van der Waals surface area contributed by atoms with Gasteiger partial charge < -0.3 is 4.42 Å². The Hall–Kier alpha value is -1.11. The largest absolute Gasteiger partial charge is 0.419 e. The molecule has 0 atom stereocenters. The quantitative estimate of drug-likeness (QED) is 0.748. The highest BCUT2D eigenvalue weighted by Crippen LogP contribution is 2.16. The van der Waals surface area contributed by atoms with Crippen LogP contribution in [0.2, 0.25) is 0 Å². The first-order valence-corrected chi connectivity index (χ1v) is 4.99. The van der Waals surface area contributed by atoms with E-state index in [0.717, 1.165) is 9.13 Å². The fourth-order valence-corrected chi connectivity index (χ4v) is 2.21. The fourth-order valence-electron chi connectivity index (χ4n) is 1.30. The van der Waals surface area contributed by atoms with Crippen LogP contribution in [-0.4, -0.2) is 4.98 Å². The van der Waals surface area contributed by atoms with E-state index in [4.69, 9.17) is 0 Å². The molecular formula is C9H6INO3. The third kappa shape index (κ3) is 1.47. The summed E-state index contributed by atoms with van der Waals surface area (Å²) in [4.78, 5) is 24.7. The van der Waals surface area contributed by atoms with Crippen LogP contribution in [0.4, 0.5) is 0 Å². The van der Waals surface area contributed by atoms with Gasteiger partial charge in [-0.2, -0.15) is 0 Å². The lowest BCUT2D eigenvalue weighted by Gasteiger charge is -1.99. The van der Waals surface area contributed by atoms with E-state index in [1.807, 2.05) is 13.0 Å². The van der Waals surface area contributed by atoms with Gasteiger partial charge in [-0.3, -0.25) is 4.98 Å². The monoisotopic (exact) mass is 303 g/mol. The maximum absolute atomic E-state index is 11.3. The lowest BCUT2D eigenvalue weighted by Crippen LogP contribution is -2.15. The average molecular weight is 303 g/mol. The van der Waals surface area contributed by atoms with Gasteiger partial charge in [0.25, 0.3) is 0 Å². The van der Waals surface area contributed by atoms with Gasteiger partial charge in [-0.1, -0.05) is 0 Å². The van der Waals surface area contributed by atoms with Crippen molar-refractivity contribution in [1.29, 1.82) is 0 Å². The van der Waals surface area contributed by atoms with E-state index in [-0.39, 0.29) is 0 Å². The second-order valence-electron chi connectivity index (χ2n) is 2.97. The summed E-state index contributed by atoms with van der Waals surface area (Å²) in [7, 11) is 0. The fraction of sp³-hybridized carbons (Fsp3) is 0.111. The van der Waals surface area contributed by atoms with Gasteiger partial charge in [-0.05, 0) is 47.2 Å². The molecule has 0 unspecified atom stereocenters. The predicted octanol–water partition coefficient (Wildman–Crippen LogP) is 1.39. The van der Waals surface area contributed by atoms with E-state index < -0.39 is 11.4 Å². The Morgan fingerprint density at radius 3 is 2.79 bits per heavy atom. The second kappa shape index (κ2) is 3.23. The molecule has 1 N–H and O–H groups in total. The molecule has 1 heterocycles. The Morgan fingerprint density at radius 1 is 1.36 bits per heavy atom. The van der Waals surface area contributed by atoms with Crippen molar-refractivity contribution in [1.82, 2.24) is 4.98 Å². The molecule has 1 aromatic carbocycles. The topological polar surface area (TPSA) is 63.1 Å². The van der Waals surface area contributed by atoms with Gasteiger partial charge in [0.15, 0.2) is 0 Å². The summed E-state index contributed by atoms with van der Waals surface area (Å²) in [6.45, 7) is 1.88. The van der Waals surface area contributed by atoms with Crippen LogP contribution in [0.3, 0.4) is 0 Å². The molecular weight excluding hydrogens is 297 g/mol. The molecule has 72 valence electrons. The lowest BCUT2D eigenvalue weighted by atomic mass is 10.2. The van der Waals surface area contributed by atoms with Crippen molar-refractivity contribution in [3.05, 3.63) is 42.2 Å². The van der Waals surface area contributed by atoms with Crippen LogP contribution in [0.5, 0.6) is 0 Å². The number of fused-ring (bicyclic) bond motifs is 1. The molecule has 0 saturated carbocycles. The summed E-state index contributed by atoms with van der Waals surface area (Å²) in [6, 6.07) is 3.58. The molecule has 0 aliphatic carbocycles. The van der Waals surface area contributed by atoms with Crippen molar-refractivity contribution in [2.45, 2.75) is 6.92 Å². The number of nitrogens with one attached hydrogen (secondary N) is 1. The van der Waals surface area contributed by atoms with Crippen molar-refractivity contribution in [3.8, 4) is 0 Å². The molecule has 1 aromatic heterocycles. The van der Waals surface area contributed by atoms with Crippen LogP contribution in [0, 0.1) is 10.5 Å². The van der Waals surface area contributed by atoms with E-state index in [2.05, 4.69) is 32.0 Å². The Balaban J connectivity index is 3.10. The molecule has 0 amide bonds. The summed E-state index contributed by atoms with van der Waals surface area (Å²) >= 11 is 2.07. The summed E-state index contributed by atoms with van der Waals surface area (Å²) < 4.78 is 5.27. The molecule has 2 aromatic rings. The summed E-state index contributed by atoms with van der Waals surface area (Å²) in [6.07, 6.45) is 0. The Bertz CT molecular complexity index is 611. The van der Waals surface area contributed by atoms with Crippen molar-refractivity contribution in [3.63, 3.8) is 0 Å². The zero-order valence-electron chi connectivity index (χ0n) is 7.26. The number of H-pyrrole nitrogens is 1. The molecule has 0 aliphatic heterocycles. The molecule has 0 bridgehead atoms. The number of aromatic amines is 1. The smallest absolute Gasteiger partial charge is 0.372 e. The third-order valence-electron chi connectivity index (χ3n) is 1.87. The van der Waals surface area contributed by atoms with Gasteiger partial charge >= 0.3 is 11.4 Å². The van der Waals surface area contributed by atoms with E-state index in [9.17, 15) is 9.59 Å². The number of aromatic nitrogens is 1. The number of hydrogen-bond donors (Lipinski definition) is 1. The van der Waals surface area contributed by atoms with Gasteiger partial charge in [-0.25, -0.2) is 9.59 Å². The van der Waals surface area contributed by atoms with Crippen LogP contribution in [0.25, 0.3) is 10.9 Å². The van der Waals surface area contributed by atoms with Gasteiger partial charge in [-0.15, -0.1) is 0 Å². The Morgan fingerprint density at radius 2 is 2.07 bits per heavy atom. The second-order valence-corrected chi connectivity index (χ2v) is 4.13. The van der Waals surface area contributed by atoms with Crippen molar-refractivity contribution < 1.29 is 4.42 Å². The third-order valence-corrected chi connectivity index (χ3v) is 2.72. The lowest BCUT2D eigenvalue weighted by molar-refractivity contribution is 0.460. The maximum Gasteiger partial charge on any atom is 0.419 e. The van der Waals surface area contributed by atoms with Crippen LogP contribution in [0.1, 0.15) is 5.56 Å². The summed E-state index contributed by atoms with van der Waals surface area (Å²) in [5.74, 6) is -0.718. The molecule has 5 heteroatoms. The molecule has 2 rings (SSSR count). The minimum atomic E-state index is -0.718. The van der Waals surface area contributed by atoms with Crippen LogP contribution in [0.15, 0.2) is 26.1 Å². The first-order valence-electron chi connectivity index (χ1n) is 3.91. The number of aryl methyl sites for hydroxylation is 1. The van der Waals surface area contributed by atoms with Gasteiger partial charge in [0.1, 0.15) is 0 Å². The molecule has 4 nitrogen and oxygen atoms in total. The number of hydrogen-bond acceptors (Lipinski definition) is 3. The van der Waals surface area contributed by atoms with Crippen LogP contribution < -0.4 is 11.4 Å². The predicted molar refractivity (Wildman–Crippen MR) is 60.6 cm³/mol. The van der Waals surface area contributed by atoms with Crippen molar-refractivity contribution >= 4 is 33.5 Å². The van der Waals surface area contributed by atoms with Crippen LogP contribution >= 0.6 is 22.6 Å². The van der Waals surface area contributed by atoms with Gasteiger partial charge in [0, 0.05) is 3.57 Å². The zero-order valence-corrected chi connectivity index (χ0v) is 9.41. The SMILES string of the molecule is Cc1cc(I)c2[nH]c(=O)oc(=O)c2c1. The van der Waals surface area contributed by atoms with E-state index in [1.54, 1.807) is 6.07 Å². The average Bonchev–Trinajstić information content (AvgIpc) is 2.07. The molecule has 0 aliphatic rings. The highest BCUT2D eigenvalue weighted by Gasteiger charge is 2.06. The summed E-state index contributed by atoms with van der Waals surface area (Å²) in [5, 5.41) is 0.411. The highest BCUT2D eigenvalue weighted by atomic mass is 127. The minimum Gasteiger partial charge on any atom is -0.372 e. The molecule has 0 spiro atoms. The first kappa shape index (κ1) is 9.45. The molecule has 0 radical (unpaired) electrons. The zero-order chi connectivity index (χ0) is 10.3. The number of rotatable bonds is 0. The van der Waals surface area contributed by atoms with Gasteiger partial charge in [0.05, 0.1) is 10.9 Å². The maximum atomic E-state index is 11.3. The Labute approximate surface area is 92.1 Å². The van der Waals surface area contributed by atoms with Crippen LogP contribution in [-0.2, 0) is 0 Å². The van der Waals surface area contributed by atoms with E-state index >= 15 is 0 Å². The molecule has 0 saturated heterocycles. The molecule has 14 heavy (non-hydrogen) atoms. The standard InChI is InChI=1S/C9H6INO3/c1-4-2-5-7(6(10)3-4)11-9(13)14-8(5)12/h2-3H,1H3,(H,11,13). The first-order chi connectivity index (χ1) is 6.58. The van der Waals surface area contributed by atoms with Crippen molar-refractivity contribution in [2.75, 3.05) is 0 Å². The normalized spacial score (nSPS) is 10.7. The highest BCUT2D eigenvalue weighted by molar-refractivity contribution is 14.1. The van der Waals surface area contributed by atoms with Crippen molar-refractivity contribution in [2.24, 2.45) is 0 Å². The summed E-state index contributed by atoms with van der Waals surface area (Å²) in [5.41, 5.74) is 0.907. The molecule has 0 fully saturated rings. The van der Waals surface area contributed by atoms with E-state index in [1.165, 1.54) is 0 Å². The van der Waals surface area contributed by atoms with E-state index in [0.29, 0.717) is 10.9 Å². The minimum absolute atomic E-state index is 0.411. The Kier molecular flexibility index (Phi) is 2.18. The number of benzene rings is 1.